The molecule has 4 rings (SSSR count). The van der Waals surface area contributed by atoms with E-state index in [9.17, 15) is 18.7 Å². The molecule has 2 N–H and O–H groups in total. The molecule has 3 aromatic rings. The number of hydrogen-bond donors (Lipinski definition) is 2. The minimum absolute atomic E-state index is 0.00963. The molecular formula is C22H16Cl2F2N2O2. The Labute approximate surface area is 181 Å². The lowest BCUT2D eigenvalue weighted by molar-refractivity contribution is -0.00603. The number of nitrogens with zero attached hydrogens (tertiary/aromatic N) is 1. The molecule has 0 fully saturated rings. The Balaban J connectivity index is 1.90. The first-order valence-corrected chi connectivity index (χ1v) is 9.94. The van der Waals surface area contributed by atoms with Crippen LogP contribution in [0.15, 0.2) is 48.7 Å². The van der Waals surface area contributed by atoms with E-state index in [2.05, 4.69) is 10.3 Å². The topological polar surface area (TPSA) is 62.2 Å². The number of aromatic carboxylic acids is 1. The number of rotatable bonds is 4. The number of fused-ring (bicyclic) bond motifs is 1. The van der Waals surface area contributed by atoms with Gasteiger partial charge in [0, 0.05) is 40.0 Å². The van der Waals surface area contributed by atoms with Crippen molar-refractivity contribution in [3.63, 3.8) is 0 Å². The zero-order chi connectivity index (χ0) is 21.5. The van der Waals surface area contributed by atoms with E-state index in [0.717, 1.165) is 5.57 Å². The van der Waals surface area contributed by atoms with Crippen LogP contribution in [-0.2, 0) is 0 Å². The Morgan fingerprint density at radius 3 is 2.57 bits per heavy atom. The number of hydrogen-bond acceptors (Lipinski definition) is 3. The second-order valence-corrected chi connectivity index (χ2v) is 7.99. The van der Waals surface area contributed by atoms with E-state index in [1.165, 1.54) is 12.1 Å². The predicted molar refractivity (Wildman–Crippen MR) is 115 cm³/mol. The van der Waals surface area contributed by atoms with Crippen molar-refractivity contribution in [2.24, 2.45) is 0 Å². The molecule has 0 spiro atoms. The van der Waals surface area contributed by atoms with E-state index >= 15 is 0 Å². The number of allylic oxidation sites excluding steroid dienone is 2. The van der Waals surface area contributed by atoms with E-state index in [4.69, 9.17) is 23.2 Å². The zero-order valence-corrected chi connectivity index (χ0v) is 17.1. The van der Waals surface area contributed by atoms with Gasteiger partial charge in [-0.25, -0.2) is 13.6 Å². The van der Waals surface area contributed by atoms with Gasteiger partial charge in [0.25, 0.3) is 5.92 Å². The Morgan fingerprint density at radius 1 is 1.13 bits per heavy atom. The highest BCUT2D eigenvalue weighted by atomic mass is 35.5. The molecule has 0 saturated heterocycles. The Kier molecular flexibility index (Phi) is 5.38. The summed E-state index contributed by atoms with van der Waals surface area (Å²) in [5, 5.41) is 14.2. The lowest BCUT2D eigenvalue weighted by Gasteiger charge is -2.24. The third kappa shape index (κ3) is 4.11. The summed E-state index contributed by atoms with van der Waals surface area (Å²) in [6.07, 6.45) is 2.71. The van der Waals surface area contributed by atoms with Crippen LogP contribution in [0.1, 0.15) is 35.2 Å². The van der Waals surface area contributed by atoms with Crippen LogP contribution in [0.25, 0.3) is 16.5 Å². The smallest absolute Gasteiger partial charge is 0.337 e. The highest BCUT2D eigenvalue weighted by Gasteiger charge is 2.32. The number of anilines is 2. The van der Waals surface area contributed by atoms with Crippen LogP contribution in [0.5, 0.6) is 0 Å². The van der Waals surface area contributed by atoms with Gasteiger partial charge in [-0.15, -0.1) is 0 Å². The molecule has 8 heteroatoms. The van der Waals surface area contributed by atoms with E-state index in [0.29, 0.717) is 32.9 Å². The molecule has 0 aliphatic heterocycles. The Hall–Kier alpha value is -2.70. The minimum Gasteiger partial charge on any atom is -0.478 e. The standard InChI is InChI=1S/C22H16Cl2F2N2O2/c23-13-1-3-18-15(9-13)20(28-19-4-2-14(24)10-16(19)21(29)30)17(11-27-18)12-5-7-22(25,26)8-6-12/h1-5,9-11H,6-8H2,(H,27,28)(H,29,30). The fraction of sp³-hybridized carbons (Fsp3) is 0.182. The maximum absolute atomic E-state index is 13.7. The summed E-state index contributed by atoms with van der Waals surface area (Å²) in [6, 6.07) is 9.65. The fourth-order valence-electron chi connectivity index (χ4n) is 3.52. The molecule has 154 valence electrons. The van der Waals surface area contributed by atoms with Crippen LogP contribution >= 0.6 is 23.2 Å². The number of nitrogens with one attached hydrogen (secondary N) is 1. The summed E-state index contributed by atoms with van der Waals surface area (Å²) in [5.41, 5.74) is 2.86. The SMILES string of the molecule is O=C(O)c1cc(Cl)ccc1Nc1c(C2=CCC(F)(F)CC2)cnc2ccc(Cl)cc12. The van der Waals surface area contributed by atoms with Gasteiger partial charge in [-0.3, -0.25) is 4.98 Å². The lowest BCUT2D eigenvalue weighted by Crippen LogP contribution is -2.18. The van der Waals surface area contributed by atoms with Crippen molar-refractivity contribution < 1.29 is 18.7 Å². The van der Waals surface area contributed by atoms with Crippen molar-refractivity contribution in [3.05, 3.63) is 69.8 Å². The van der Waals surface area contributed by atoms with Gasteiger partial charge in [0.15, 0.2) is 0 Å². The first-order valence-electron chi connectivity index (χ1n) is 9.19. The maximum Gasteiger partial charge on any atom is 0.337 e. The van der Waals surface area contributed by atoms with Crippen LogP contribution in [0.3, 0.4) is 0 Å². The number of halogens is 4. The largest absolute Gasteiger partial charge is 0.478 e. The summed E-state index contributed by atoms with van der Waals surface area (Å²) >= 11 is 12.2. The van der Waals surface area contributed by atoms with Crippen LogP contribution in [-0.4, -0.2) is 22.0 Å². The maximum atomic E-state index is 13.7. The summed E-state index contributed by atoms with van der Waals surface area (Å²) in [4.78, 5) is 16.2. The molecule has 1 aliphatic rings. The van der Waals surface area contributed by atoms with E-state index in [1.54, 1.807) is 36.5 Å². The average molecular weight is 449 g/mol. The van der Waals surface area contributed by atoms with Crippen molar-refractivity contribution in [2.45, 2.75) is 25.2 Å². The molecule has 1 heterocycles. The van der Waals surface area contributed by atoms with E-state index in [1.807, 2.05) is 0 Å². The van der Waals surface area contributed by atoms with Crippen molar-refractivity contribution in [2.75, 3.05) is 5.32 Å². The van der Waals surface area contributed by atoms with Crippen molar-refractivity contribution in [3.8, 4) is 0 Å². The molecular weight excluding hydrogens is 433 g/mol. The van der Waals surface area contributed by atoms with Crippen LogP contribution in [0.4, 0.5) is 20.2 Å². The van der Waals surface area contributed by atoms with Crippen molar-refractivity contribution >= 4 is 57.0 Å². The van der Waals surface area contributed by atoms with Crippen LogP contribution in [0, 0.1) is 0 Å². The van der Waals surface area contributed by atoms with Crippen LogP contribution < -0.4 is 5.32 Å². The quantitative estimate of drug-likeness (QED) is 0.443. The zero-order valence-electron chi connectivity index (χ0n) is 15.6. The van der Waals surface area contributed by atoms with Gasteiger partial charge in [0.05, 0.1) is 22.5 Å². The summed E-state index contributed by atoms with van der Waals surface area (Å²) in [5.74, 6) is -3.87. The number of carboxylic acid groups (broad SMARTS) is 1. The van der Waals surface area contributed by atoms with Gasteiger partial charge in [-0.1, -0.05) is 29.3 Å². The highest BCUT2D eigenvalue weighted by Crippen LogP contribution is 2.41. The first-order chi connectivity index (χ1) is 14.2. The van der Waals surface area contributed by atoms with Gasteiger partial charge >= 0.3 is 5.97 Å². The monoisotopic (exact) mass is 448 g/mol. The molecule has 1 aromatic heterocycles. The van der Waals surface area contributed by atoms with E-state index in [-0.39, 0.29) is 29.8 Å². The van der Waals surface area contributed by atoms with Gasteiger partial charge in [0.1, 0.15) is 0 Å². The lowest BCUT2D eigenvalue weighted by atomic mass is 9.90. The van der Waals surface area contributed by atoms with Gasteiger partial charge in [-0.05, 0) is 48.4 Å². The predicted octanol–water partition coefficient (Wildman–Crippen LogP) is 7.19. The van der Waals surface area contributed by atoms with Gasteiger partial charge < -0.3 is 10.4 Å². The molecule has 2 aromatic carbocycles. The Morgan fingerprint density at radius 2 is 1.87 bits per heavy atom. The third-order valence-corrected chi connectivity index (χ3v) is 5.53. The molecule has 0 bridgehead atoms. The minimum atomic E-state index is -2.72. The number of pyridine rings is 1. The number of aromatic nitrogens is 1. The summed E-state index contributed by atoms with van der Waals surface area (Å²) in [7, 11) is 0. The van der Waals surface area contributed by atoms with Crippen molar-refractivity contribution in [1.82, 2.24) is 4.98 Å². The average Bonchev–Trinajstić information content (AvgIpc) is 2.69. The normalized spacial score (nSPS) is 15.7. The molecule has 0 saturated carbocycles. The van der Waals surface area contributed by atoms with Crippen LogP contribution in [0.2, 0.25) is 10.0 Å². The third-order valence-electron chi connectivity index (χ3n) is 5.05. The highest BCUT2D eigenvalue weighted by molar-refractivity contribution is 6.31. The molecule has 0 atom stereocenters. The molecule has 1 aliphatic carbocycles. The number of alkyl halides is 2. The van der Waals surface area contributed by atoms with Crippen molar-refractivity contribution in [1.29, 1.82) is 0 Å². The van der Waals surface area contributed by atoms with Gasteiger partial charge in [-0.2, -0.15) is 0 Å². The molecule has 0 radical (unpaired) electrons. The number of carboxylic acids is 1. The summed E-state index contributed by atoms with van der Waals surface area (Å²) in [6.45, 7) is 0. The summed E-state index contributed by atoms with van der Waals surface area (Å²) < 4.78 is 27.3. The Bertz CT molecular complexity index is 1200. The number of carbonyl (C=O) groups is 1. The molecule has 0 amide bonds. The fourth-order valence-corrected chi connectivity index (χ4v) is 3.86. The second kappa shape index (κ2) is 7.85. The molecule has 30 heavy (non-hydrogen) atoms. The second-order valence-electron chi connectivity index (χ2n) is 7.12. The molecule has 4 nitrogen and oxygen atoms in total. The van der Waals surface area contributed by atoms with E-state index < -0.39 is 11.9 Å². The van der Waals surface area contributed by atoms with Gasteiger partial charge in [0.2, 0.25) is 0 Å². The molecule has 0 unspecified atom stereocenters. The first kappa shape index (κ1) is 20.6. The number of benzene rings is 2.